The van der Waals surface area contributed by atoms with Gasteiger partial charge in [0, 0.05) is 25.7 Å². The second-order valence-electron chi connectivity index (χ2n) is 5.49. The minimum absolute atomic E-state index is 0.294. The highest BCUT2D eigenvalue weighted by Crippen LogP contribution is 2.23. The van der Waals surface area contributed by atoms with Gasteiger partial charge in [0.2, 0.25) is 17.7 Å². The van der Waals surface area contributed by atoms with E-state index in [9.17, 15) is 0 Å². The average Bonchev–Trinajstić information content (AvgIpc) is 2.62. The molecule has 1 aliphatic rings. The van der Waals surface area contributed by atoms with E-state index in [-0.39, 0.29) is 0 Å². The average molecular weight is 314 g/mol. The third-order valence-corrected chi connectivity index (χ3v) is 4.01. The summed E-state index contributed by atoms with van der Waals surface area (Å²) in [6, 6.07) is 12.5. The summed E-state index contributed by atoms with van der Waals surface area (Å²) in [6.07, 6.45) is 0.941. The molecule has 6 heteroatoms. The summed E-state index contributed by atoms with van der Waals surface area (Å²) in [6.45, 7) is 2.67. The Hall–Kier alpha value is -2.34. The van der Waals surface area contributed by atoms with Crippen LogP contribution >= 0.6 is 0 Å². The molecule has 23 heavy (non-hydrogen) atoms. The third-order valence-electron chi connectivity index (χ3n) is 4.01. The number of anilines is 1. The minimum Gasteiger partial charge on any atom is -0.481 e. The SMILES string of the molecule is COc1cc(OC)nc(N2CCNCC2Cc2ccccc2)n1. The van der Waals surface area contributed by atoms with Gasteiger partial charge in [-0.3, -0.25) is 0 Å². The lowest BCUT2D eigenvalue weighted by molar-refractivity contribution is 0.368. The molecule has 1 aromatic carbocycles. The van der Waals surface area contributed by atoms with E-state index >= 15 is 0 Å². The maximum absolute atomic E-state index is 5.27. The van der Waals surface area contributed by atoms with Gasteiger partial charge in [-0.1, -0.05) is 30.3 Å². The Balaban J connectivity index is 1.86. The fourth-order valence-electron chi connectivity index (χ4n) is 2.82. The summed E-state index contributed by atoms with van der Waals surface area (Å²) < 4.78 is 10.5. The Labute approximate surface area is 136 Å². The first-order chi connectivity index (χ1) is 11.3. The van der Waals surface area contributed by atoms with Crippen LogP contribution in [-0.2, 0) is 6.42 Å². The van der Waals surface area contributed by atoms with Crippen LogP contribution in [0.5, 0.6) is 11.8 Å². The topological polar surface area (TPSA) is 59.5 Å². The van der Waals surface area contributed by atoms with Gasteiger partial charge in [0.1, 0.15) is 0 Å². The Bertz CT molecular complexity index is 613. The van der Waals surface area contributed by atoms with E-state index in [1.807, 2.05) is 6.07 Å². The summed E-state index contributed by atoms with van der Waals surface area (Å²) >= 11 is 0. The molecule has 0 amide bonds. The van der Waals surface area contributed by atoms with Crippen LogP contribution in [-0.4, -0.2) is 49.9 Å². The van der Waals surface area contributed by atoms with Crippen molar-refractivity contribution in [3.05, 3.63) is 42.0 Å². The van der Waals surface area contributed by atoms with Crippen LogP contribution in [0.15, 0.2) is 36.4 Å². The van der Waals surface area contributed by atoms with Crippen LogP contribution < -0.4 is 19.7 Å². The first kappa shape index (κ1) is 15.6. The van der Waals surface area contributed by atoms with Gasteiger partial charge in [0.05, 0.1) is 20.3 Å². The molecule has 2 aromatic rings. The van der Waals surface area contributed by atoms with Crippen LogP contribution in [0.2, 0.25) is 0 Å². The van der Waals surface area contributed by atoms with E-state index in [1.165, 1.54) is 5.56 Å². The van der Waals surface area contributed by atoms with E-state index in [0.29, 0.717) is 23.8 Å². The second-order valence-corrected chi connectivity index (χ2v) is 5.49. The highest BCUT2D eigenvalue weighted by Gasteiger charge is 2.25. The molecule has 1 fully saturated rings. The molecule has 1 aliphatic heterocycles. The molecular formula is C17H22N4O2. The molecule has 1 saturated heterocycles. The lowest BCUT2D eigenvalue weighted by Gasteiger charge is -2.36. The van der Waals surface area contributed by atoms with Crippen molar-refractivity contribution in [2.24, 2.45) is 0 Å². The molecule has 0 bridgehead atoms. The second kappa shape index (κ2) is 7.28. The lowest BCUT2D eigenvalue weighted by atomic mass is 10.0. The molecule has 3 rings (SSSR count). The van der Waals surface area contributed by atoms with Crippen molar-refractivity contribution in [2.45, 2.75) is 12.5 Å². The van der Waals surface area contributed by atoms with Gasteiger partial charge >= 0.3 is 0 Å². The number of rotatable bonds is 5. The smallest absolute Gasteiger partial charge is 0.232 e. The fraction of sp³-hybridized carbons (Fsp3) is 0.412. The Morgan fingerprint density at radius 3 is 2.48 bits per heavy atom. The number of benzene rings is 1. The molecule has 1 unspecified atom stereocenters. The highest BCUT2D eigenvalue weighted by molar-refractivity contribution is 5.39. The molecule has 6 nitrogen and oxygen atoms in total. The molecule has 1 atom stereocenters. The number of nitrogens with one attached hydrogen (secondary N) is 1. The Kier molecular flexibility index (Phi) is 4.92. The Morgan fingerprint density at radius 1 is 1.13 bits per heavy atom. The summed E-state index contributed by atoms with van der Waals surface area (Å²) in [4.78, 5) is 11.2. The summed E-state index contributed by atoms with van der Waals surface area (Å²) in [5.74, 6) is 1.69. The van der Waals surface area contributed by atoms with Gasteiger partial charge in [-0.2, -0.15) is 9.97 Å². The van der Waals surface area contributed by atoms with Crippen molar-refractivity contribution in [3.8, 4) is 11.8 Å². The van der Waals surface area contributed by atoms with E-state index in [0.717, 1.165) is 26.1 Å². The van der Waals surface area contributed by atoms with Gasteiger partial charge in [0.15, 0.2) is 0 Å². The quantitative estimate of drug-likeness (QED) is 0.903. The van der Waals surface area contributed by atoms with Crippen LogP contribution in [0.4, 0.5) is 5.95 Å². The fourth-order valence-corrected chi connectivity index (χ4v) is 2.82. The molecule has 0 spiro atoms. The van der Waals surface area contributed by atoms with Gasteiger partial charge in [-0.15, -0.1) is 0 Å². The van der Waals surface area contributed by atoms with Crippen LogP contribution in [0.25, 0.3) is 0 Å². The van der Waals surface area contributed by atoms with Gasteiger partial charge < -0.3 is 19.7 Å². The first-order valence-electron chi connectivity index (χ1n) is 7.78. The number of methoxy groups -OCH3 is 2. The van der Waals surface area contributed by atoms with Crippen molar-refractivity contribution in [2.75, 3.05) is 38.8 Å². The maximum atomic E-state index is 5.27. The van der Waals surface area contributed by atoms with Crippen LogP contribution in [0.1, 0.15) is 5.56 Å². The highest BCUT2D eigenvalue weighted by atomic mass is 16.5. The zero-order valence-corrected chi connectivity index (χ0v) is 13.5. The van der Waals surface area contributed by atoms with Crippen LogP contribution in [0, 0.1) is 0 Å². The van der Waals surface area contributed by atoms with Crippen molar-refractivity contribution < 1.29 is 9.47 Å². The van der Waals surface area contributed by atoms with E-state index in [4.69, 9.17) is 9.47 Å². The predicted octanol–water partition coefficient (Wildman–Crippen LogP) is 1.51. The Morgan fingerprint density at radius 2 is 1.83 bits per heavy atom. The standard InChI is InChI=1S/C17H22N4O2/c1-22-15-11-16(23-2)20-17(19-15)21-9-8-18-12-14(21)10-13-6-4-3-5-7-13/h3-7,11,14,18H,8-10,12H2,1-2H3. The molecular weight excluding hydrogens is 292 g/mol. The molecule has 0 saturated carbocycles. The van der Waals surface area contributed by atoms with Crippen molar-refractivity contribution >= 4 is 5.95 Å². The summed E-state index contributed by atoms with van der Waals surface area (Å²) in [5, 5.41) is 3.45. The molecule has 2 heterocycles. The van der Waals surface area contributed by atoms with Crippen molar-refractivity contribution in [3.63, 3.8) is 0 Å². The largest absolute Gasteiger partial charge is 0.481 e. The normalized spacial score (nSPS) is 17.8. The van der Waals surface area contributed by atoms with E-state index < -0.39 is 0 Å². The summed E-state index contributed by atoms with van der Waals surface area (Å²) in [5.41, 5.74) is 1.31. The number of hydrogen-bond acceptors (Lipinski definition) is 6. The monoisotopic (exact) mass is 314 g/mol. The number of nitrogens with zero attached hydrogens (tertiary/aromatic N) is 3. The third kappa shape index (κ3) is 3.71. The van der Waals surface area contributed by atoms with Gasteiger partial charge in [0.25, 0.3) is 0 Å². The molecule has 1 N–H and O–H groups in total. The summed E-state index contributed by atoms with van der Waals surface area (Å²) in [7, 11) is 3.20. The minimum atomic E-state index is 0.294. The van der Waals surface area contributed by atoms with Crippen molar-refractivity contribution in [1.82, 2.24) is 15.3 Å². The number of piperazine rings is 1. The molecule has 1 aromatic heterocycles. The first-order valence-corrected chi connectivity index (χ1v) is 7.78. The van der Waals surface area contributed by atoms with E-state index in [2.05, 4.69) is 44.5 Å². The molecule has 122 valence electrons. The number of hydrogen-bond donors (Lipinski definition) is 1. The van der Waals surface area contributed by atoms with Crippen molar-refractivity contribution in [1.29, 1.82) is 0 Å². The maximum Gasteiger partial charge on any atom is 0.232 e. The number of ether oxygens (including phenoxy) is 2. The molecule has 0 aliphatic carbocycles. The lowest BCUT2D eigenvalue weighted by Crippen LogP contribution is -2.53. The molecule has 0 radical (unpaired) electrons. The zero-order chi connectivity index (χ0) is 16.1. The zero-order valence-electron chi connectivity index (χ0n) is 13.5. The van der Waals surface area contributed by atoms with Gasteiger partial charge in [-0.05, 0) is 12.0 Å². The predicted molar refractivity (Wildman–Crippen MR) is 89.3 cm³/mol. The number of aromatic nitrogens is 2. The van der Waals surface area contributed by atoms with E-state index in [1.54, 1.807) is 20.3 Å². The van der Waals surface area contributed by atoms with Crippen LogP contribution in [0.3, 0.4) is 0 Å². The van der Waals surface area contributed by atoms with Gasteiger partial charge in [-0.25, -0.2) is 0 Å².